The van der Waals surface area contributed by atoms with Crippen LogP contribution in [-0.4, -0.2) is 17.7 Å². The molecule has 0 heterocycles. The van der Waals surface area contributed by atoms with Gasteiger partial charge in [0.1, 0.15) is 5.75 Å². The number of rotatable bonds is 4. The number of phenols is 1. The van der Waals surface area contributed by atoms with Crippen LogP contribution in [0.25, 0.3) is 6.08 Å². The zero-order valence-electron chi connectivity index (χ0n) is 10.3. The lowest BCUT2D eigenvalue weighted by atomic mass is 10.1. The summed E-state index contributed by atoms with van der Waals surface area (Å²) in [5.74, 6) is -0.461. The molecule has 1 aromatic rings. The van der Waals surface area contributed by atoms with Crippen molar-refractivity contribution in [2.24, 2.45) is 0 Å². The van der Waals surface area contributed by atoms with Crippen molar-refractivity contribution in [3.05, 3.63) is 40.9 Å². The molecule has 0 bridgehead atoms. The maximum Gasteiger partial charge on any atom is 0.330 e. The van der Waals surface area contributed by atoms with Gasteiger partial charge in [0, 0.05) is 16.7 Å². The van der Waals surface area contributed by atoms with E-state index in [1.54, 1.807) is 25.1 Å². The number of esters is 1. The van der Waals surface area contributed by atoms with Gasteiger partial charge in [0.05, 0.1) is 12.3 Å². The Morgan fingerprint density at radius 3 is 2.79 bits per heavy atom. The van der Waals surface area contributed by atoms with E-state index in [1.165, 1.54) is 18.2 Å². The van der Waals surface area contributed by atoms with Gasteiger partial charge in [-0.3, -0.25) is 0 Å². The molecule has 0 amide bonds. The van der Waals surface area contributed by atoms with Gasteiger partial charge in [-0.2, -0.15) is 0 Å². The van der Waals surface area contributed by atoms with Crippen molar-refractivity contribution >= 4 is 41.7 Å². The standard InChI is InChI=1S/C13H14ClNO3.ClH/c1-2-18-12(16)6-4-3-5-9-7-10(14)8-11(15)13(9)17;/h3-8,17H,2,15H2,1H3;1H. The highest BCUT2D eigenvalue weighted by atomic mass is 35.5. The SMILES string of the molecule is CCOC(=O)C=CC=Cc1cc(Cl)cc(N)c1O.Cl. The Bertz CT molecular complexity index is 499. The van der Waals surface area contributed by atoms with Crippen molar-refractivity contribution in [1.82, 2.24) is 0 Å². The number of anilines is 1. The van der Waals surface area contributed by atoms with Crippen molar-refractivity contribution in [3.63, 3.8) is 0 Å². The molecular weight excluding hydrogens is 289 g/mol. The number of carbonyl (C=O) groups excluding carboxylic acids is 1. The molecule has 4 nitrogen and oxygen atoms in total. The van der Waals surface area contributed by atoms with E-state index in [0.29, 0.717) is 17.2 Å². The number of halogens is 2. The molecule has 0 atom stereocenters. The number of hydrogen-bond acceptors (Lipinski definition) is 4. The second kappa shape index (κ2) is 8.45. The number of hydrogen-bond donors (Lipinski definition) is 2. The summed E-state index contributed by atoms with van der Waals surface area (Å²) < 4.78 is 4.71. The van der Waals surface area contributed by atoms with Crippen molar-refractivity contribution in [2.75, 3.05) is 12.3 Å². The fourth-order valence-electron chi connectivity index (χ4n) is 1.25. The molecule has 0 fully saturated rings. The molecule has 0 aliphatic carbocycles. The van der Waals surface area contributed by atoms with Crippen molar-refractivity contribution in [2.45, 2.75) is 6.92 Å². The minimum Gasteiger partial charge on any atom is -0.505 e. The van der Waals surface area contributed by atoms with Crippen LogP contribution in [-0.2, 0) is 9.53 Å². The molecule has 3 N–H and O–H groups in total. The Morgan fingerprint density at radius 1 is 1.47 bits per heavy atom. The average Bonchev–Trinajstić information content (AvgIpc) is 2.31. The van der Waals surface area contributed by atoms with Gasteiger partial charge in [-0.15, -0.1) is 12.4 Å². The number of nitrogens with two attached hydrogens (primary N) is 1. The Kier molecular flexibility index (Phi) is 7.72. The quantitative estimate of drug-likeness (QED) is 0.295. The summed E-state index contributed by atoms with van der Waals surface area (Å²) in [6, 6.07) is 3.03. The van der Waals surface area contributed by atoms with Gasteiger partial charge in [-0.25, -0.2) is 4.79 Å². The van der Waals surface area contributed by atoms with Crippen LogP contribution < -0.4 is 5.73 Å². The number of ether oxygens (including phenoxy) is 1. The molecule has 0 aromatic heterocycles. The topological polar surface area (TPSA) is 72.5 Å². The van der Waals surface area contributed by atoms with Gasteiger partial charge < -0.3 is 15.6 Å². The second-order valence-electron chi connectivity index (χ2n) is 3.40. The lowest BCUT2D eigenvalue weighted by Crippen LogP contribution is -1.98. The molecule has 104 valence electrons. The van der Waals surface area contributed by atoms with E-state index >= 15 is 0 Å². The summed E-state index contributed by atoms with van der Waals surface area (Å²) in [6.07, 6.45) is 5.97. The van der Waals surface area contributed by atoms with Gasteiger partial charge in [0.15, 0.2) is 0 Å². The molecule has 0 aliphatic rings. The van der Waals surface area contributed by atoms with Gasteiger partial charge in [-0.1, -0.05) is 29.8 Å². The third-order valence-electron chi connectivity index (χ3n) is 2.04. The van der Waals surface area contributed by atoms with Gasteiger partial charge >= 0.3 is 5.97 Å². The van der Waals surface area contributed by atoms with Crippen LogP contribution in [0.2, 0.25) is 5.02 Å². The number of allylic oxidation sites excluding steroid dienone is 2. The molecule has 0 aliphatic heterocycles. The number of phenolic OH excluding ortho intramolecular Hbond substituents is 1. The number of carbonyl (C=O) groups is 1. The van der Waals surface area contributed by atoms with E-state index in [2.05, 4.69) is 0 Å². The molecule has 0 unspecified atom stereocenters. The summed E-state index contributed by atoms with van der Waals surface area (Å²) in [6.45, 7) is 2.06. The minimum atomic E-state index is -0.419. The zero-order chi connectivity index (χ0) is 13.5. The Morgan fingerprint density at radius 2 is 2.16 bits per heavy atom. The van der Waals surface area contributed by atoms with Crippen LogP contribution in [0.5, 0.6) is 5.75 Å². The molecule has 0 saturated carbocycles. The largest absolute Gasteiger partial charge is 0.505 e. The van der Waals surface area contributed by atoms with E-state index in [-0.39, 0.29) is 23.8 Å². The highest BCUT2D eigenvalue weighted by molar-refractivity contribution is 6.31. The van der Waals surface area contributed by atoms with E-state index in [1.807, 2.05) is 0 Å². The first-order valence-electron chi connectivity index (χ1n) is 5.34. The zero-order valence-corrected chi connectivity index (χ0v) is 11.9. The predicted octanol–water partition coefficient (Wildman–Crippen LogP) is 3.18. The average molecular weight is 304 g/mol. The van der Waals surface area contributed by atoms with Crippen LogP contribution in [0.1, 0.15) is 12.5 Å². The van der Waals surface area contributed by atoms with Gasteiger partial charge in [0.25, 0.3) is 0 Å². The maximum absolute atomic E-state index is 11.0. The molecule has 19 heavy (non-hydrogen) atoms. The molecule has 1 rings (SSSR count). The molecular formula is C13H15Cl2NO3. The third-order valence-corrected chi connectivity index (χ3v) is 2.26. The summed E-state index contributed by atoms with van der Waals surface area (Å²) >= 11 is 5.81. The van der Waals surface area contributed by atoms with E-state index < -0.39 is 5.97 Å². The smallest absolute Gasteiger partial charge is 0.330 e. The summed E-state index contributed by atoms with van der Waals surface area (Å²) in [5.41, 5.74) is 6.24. The molecule has 0 radical (unpaired) electrons. The predicted molar refractivity (Wildman–Crippen MR) is 79.6 cm³/mol. The Balaban J connectivity index is 0.00000324. The van der Waals surface area contributed by atoms with Crippen LogP contribution in [0, 0.1) is 0 Å². The van der Waals surface area contributed by atoms with Crippen molar-refractivity contribution in [3.8, 4) is 5.75 Å². The maximum atomic E-state index is 11.0. The first kappa shape index (κ1) is 17.4. The fraction of sp³-hybridized carbons (Fsp3) is 0.154. The van der Waals surface area contributed by atoms with Crippen molar-refractivity contribution < 1.29 is 14.6 Å². The highest BCUT2D eigenvalue weighted by Crippen LogP contribution is 2.29. The minimum absolute atomic E-state index is 0. The van der Waals surface area contributed by atoms with Gasteiger partial charge in [0.2, 0.25) is 0 Å². The van der Waals surface area contributed by atoms with Crippen LogP contribution in [0.3, 0.4) is 0 Å². The van der Waals surface area contributed by atoms with Crippen molar-refractivity contribution in [1.29, 1.82) is 0 Å². The Hall–Kier alpha value is -1.65. The number of nitrogen functional groups attached to an aromatic ring is 1. The molecule has 6 heteroatoms. The number of aromatic hydroxyl groups is 1. The van der Waals surface area contributed by atoms with E-state index in [9.17, 15) is 9.90 Å². The second-order valence-corrected chi connectivity index (χ2v) is 3.84. The van der Waals surface area contributed by atoms with Crippen LogP contribution in [0.4, 0.5) is 5.69 Å². The molecule has 0 saturated heterocycles. The third kappa shape index (κ3) is 5.68. The van der Waals surface area contributed by atoms with Gasteiger partial charge in [-0.05, 0) is 19.1 Å². The Labute approximate surface area is 122 Å². The van der Waals surface area contributed by atoms with Crippen LogP contribution in [0.15, 0.2) is 30.4 Å². The van der Waals surface area contributed by atoms with E-state index in [0.717, 1.165) is 0 Å². The number of benzene rings is 1. The summed E-state index contributed by atoms with van der Waals surface area (Å²) in [7, 11) is 0. The first-order valence-corrected chi connectivity index (χ1v) is 5.72. The summed E-state index contributed by atoms with van der Waals surface area (Å²) in [4.78, 5) is 11.0. The van der Waals surface area contributed by atoms with E-state index in [4.69, 9.17) is 22.1 Å². The molecule has 0 spiro atoms. The monoisotopic (exact) mass is 303 g/mol. The summed E-state index contributed by atoms with van der Waals surface area (Å²) in [5, 5.41) is 10.1. The highest BCUT2D eigenvalue weighted by Gasteiger charge is 2.03. The molecule has 1 aromatic carbocycles. The lowest BCUT2D eigenvalue weighted by Gasteiger charge is -2.03. The lowest BCUT2D eigenvalue weighted by molar-refractivity contribution is -0.137. The fourth-order valence-corrected chi connectivity index (χ4v) is 1.49. The normalized spacial score (nSPS) is 10.6. The first-order chi connectivity index (χ1) is 8.54. The van der Waals surface area contributed by atoms with Crippen LogP contribution >= 0.6 is 24.0 Å².